The first-order valence-electron chi connectivity index (χ1n) is 8.71. The summed E-state index contributed by atoms with van der Waals surface area (Å²) in [6.07, 6.45) is 1.89. The number of ether oxygens (including phenoxy) is 1. The first-order valence-corrected chi connectivity index (χ1v) is 9.52. The van der Waals surface area contributed by atoms with Gasteiger partial charge in [-0.05, 0) is 56.8 Å². The van der Waals surface area contributed by atoms with Crippen LogP contribution < -0.4 is 4.74 Å². The summed E-state index contributed by atoms with van der Waals surface area (Å²) in [4.78, 5) is 19.8. The van der Waals surface area contributed by atoms with E-state index in [1.165, 1.54) is 17.3 Å². The third-order valence-electron chi connectivity index (χ3n) is 3.97. The second-order valence-corrected chi connectivity index (χ2v) is 6.87. The molecule has 1 heterocycles. The predicted molar refractivity (Wildman–Crippen MR) is 109 cm³/mol. The van der Waals surface area contributed by atoms with E-state index in [0.29, 0.717) is 23.2 Å². The highest BCUT2D eigenvalue weighted by Gasteiger charge is 2.32. The molecule has 1 aliphatic heterocycles. The van der Waals surface area contributed by atoms with E-state index in [4.69, 9.17) is 4.74 Å². The number of carbonyl (C=O) groups excluding carboxylic acids is 1. The molecule has 0 radical (unpaired) electrons. The number of aryl methyl sites for hydroxylation is 1. The molecule has 0 aliphatic carbocycles. The minimum absolute atomic E-state index is 0.0188. The number of amidine groups is 1. The van der Waals surface area contributed by atoms with Gasteiger partial charge in [-0.2, -0.15) is 0 Å². The predicted octanol–water partition coefficient (Wildman–Crippen LogP) is 5.02. The Morgan fingerprint density at radius 3 is 2.54 bits per heavy atom. The number of rotatable bonds is 5. The van der Waals surface area contributed by atoms with E-state index in [1.807, 2.05) is 75.4 Å². The van der Waals surface area contributed by atoms with Crippen molar-refractivity contribution in [3.05, 3.63) is 64.6 Å². The van der Waals surface area contributed by atoms with Crippen molar-refractivity contribution in [3.63, 3.8) is 0 Å². The monoisotopic (exact) mass is 366 g/mol. The van der Waals surface area contributed by atoms with Crippen molar-refractivity contribution >= 4 is 34.6 Å². The van der Waals surface area contributed by atoms with Crippen molar-refractivity contribution in [2.45, 2.75) is 20.8 Å². The SMILES string of the molecule is CCOc1ccccc1/C=C1/SC(=Nc2ccc(C)cc2)N(CC)C1=O. The number of para-hydroxylation sites is 1. The molecule has 1 saturated heterocycles. The van der Waals surface area contributed by atoms with Crippen LogP contribution in [-0.2, 0) is 4.79 Å². The van der Waals surface area contributed by atoms with Crippen LogP contribution in [-0.4, -0.2) is 29.1 Å². The molecular formula is C21H22N2O2S. The van der Waals surface area contributed by atoms with Gasteiger partial charge in [0, 0.05) is 12.1 Å². The van der Waals surface area contributed by atoms with Gasteiger partial charge in [-0.25, -0.2) is 4.99 Å². The molecule has 0 N–H and O–H groups in total. The second kappa shape index (κ2) is 8.23. The van der Waals surface area contributed by atoms with Crippen molar-refractivity contribution in [2.75, 3.05) is 13.2 Å². The summed E-state index contributed by atoms with van der Waals surface area (Å²) in [6.45, 7) is 7.12. The maximum absolute atomic E-state index is 12.8. The number of carbonyl (C=O) groups is 1. The minimum atomic E-state index is -0.0188. The number of hydrogen-bond acceptors (Lipinski definition) is 4. The summed E-state index contributed by atoms with van der Waals surface area (Å²) in [7, 11) is 0. The van der Waals surface area contributed by atoms with Gasteiger partial charge in [0.2, 0.25) is 0 Å². The maximum Gasteiger partial charge on any atom is 0.266 e. The van der Waals surface area contributed by atoms with Crippen molar-refractivity contribution in [1.29, 1.82) is 0 Å². The van der Waals surface area contributed by atoms with E-state index >= 15 is 0 Å². The van der Waals surface area contributed by atoms with Crippen molar-refractivity contribution < 1.29 is 9.53 Å². The van der Waals surface area contributed by atoms with E-state index in [9.17, 15) is 4.79 Å². The Kier molecular flexibility index (Phi) is 5.78. The summed E-state index contributed by atoms with van der Waals surface area (Å²) >= 11 is 1.40. The number of benzene rings is 2. The summed E-state index contributed by atoms with van der Waals surface area (Å²) in [6, 6.07) is 15.7. The number of thioether (sulfide) groups is 1. The van der Waals surface area contributed by atoms with Gasteiger partial charge >= 0.3 is 0 Å². The molecule has 4 nitrogen and oxygen atoms in total. The Balaban J connectivity index is 1.93. The Morgan fingerprint density at radius 2 is 1.85 bits per heavy atom. The van der Waals surface area contributed by atoms with Gasteiger partial charge in [-0.15, -0.1) is 0 Å². The molecule has 0 unspecified atom stereocenters. The van der Waals surface area contributed by atoms with Gasteiger partial charge in [-0.1, -0.05) is 35.9 Å². The minimum Gasteiger partial charge on any atom is -0.493 e. The van der Waals surface area contributed by atoms with Gasteiger partial charge in [0.15, 0.2) is 5.17 Å². The Bertz CT molecular complexity index is 857. The molecule has 134 valence electrons. The van der Waals surface area contributed by atoms with Crippen LogP contribution in [0.5, 0.6) is 5.75 Å². The Hall–Kier alpha value is -2.53. The Morgan fingerprint density at radius 1 is 1.12 bits per heavy atom. The van der Waals surface area contributed by atoms with Crippen LogP contribution in [0.15, 0.2) is 58.4 Å². The molecule has 0 aromatic heterocycles. The van der Waals surface area contributed by atoms with Crippen LogP contribution in [0, 0.1) is 6.92 Å². The number of aliphatic imine (C=N–C) groups is 1. The Labute approximate surface area is 158 Å². The molecule has 1 fully saturated rings. The molecule has 26 heavy (non-hydrogen) atoms. The van der Waals surface area contributed by atoms with Crippen LogP contribution >= 0.6 is 11.8 Å². The molecule has 1 amide bonds. The fourth-order valence-corrected chi connectivity index (χ4v) is 3.68. The first kappa shape index (κ1) is 18.3. The molecule has 2 aromatic rings. The average Bonchev–Trinajstić information content (AvgIpc) is 2.93. The lowest BCUT2D eigenvalue weighted by Gasteiger charge is -2.12. The number of nitrogens with zero attached hydrogens (tertiary/aromatic N) is 2. The molecule has 0 spiro atoms. The molecule has 0 bridgehead atoms. The van der Waals surface area contributed by atoms with Crippen LogP contribution in [0.2, 0.25) is 0 Å². The highest BCUT2D eigenvalue weighted by atomic mass is 32.2. The maximum atomic E-state index is 12.8. The quantitative estimate of drug-likeness (QED) is 0.698. The number of likely N-dealkylation sites (N-methyl/N-ethyl adjacent to an activating group) is 1. The third kappa shape index (κ3) is 3.99. The topological polar surface area (TPSA) is 41.9 Å². The van der Waals surface area contributed by atoms with E-state index in [1.54, 1.807) is 4.90 Å². The van der Waals surface area contributed by atoms with E-state index in [0.717, 1.165) is 17.0 Å². The van der Waals surface area contributed by atoms with Crippen molar-refractivity contribution in [2.24, 2.45) is 4.99 Å². The van der Waals surface area contributed by atoms with E-state index < -0.39 is 0 Å². The largest absolute Gasteiger partial charge is 0.493 e. The van der Waals surface area contributed by atoms with Gasteiger partial charge < -0.3 is 4.74 Å². The van der Waals surface area contributed by atoms with Crippen molar-refractivity contribution in [3.8, 4) is 5.75 Å². The molecule has 0 saturated carbocycles. The zero-order chi connectivity index (χ0) is 18.5. The standard InChI is InChI=1S/C21H22N2O2S/c1-4-23-20(24)19(14-16-8-6-7-9-18(16)25-5-2)26-21(23)22-17-12-10-15(3)11-13-17/h6-14H,4-5H2,1-3H3/b19-14+,22-21?. The van der Waals surface area contributed by atoms with Gasteiger partial charge in [0.25, 0.3) is 5.91 Å². The van der Waals surface area contributed by atoms with Gasteiger partial charge in [0.05, 0.1) is 17.2 Å². The summed E-state index contributed by atoms with van der Waals surface area (Å²) in [5.74, 6) is 0.762. The first-order chi connectivity index (χ1) is 12.6. The van der Waals surface area contributed by atoms with Crippen LogP contribution in [0.1, 0.15) is 25.0 Å². The third-order valence-corrected chi connectivity index (χ3v) is 4.98. The summed E-state index contributed by atoms with van der Waals surface area (Å²) in [5, 5.41) is 0.710. The van der Waals surface area contributed by atoms with E-state index in [-0.39, 0.29) is 5.91 Å². The van der Waals surface area contributed by atoms with Gasteiger partial charge in [-0.3, -0.25) is 9.69 Å². The zero-order valence-corrected chi connectivity index (χ0v) is 16.0. The van der Waals surface area contributed by atoms with E-state index in [2.05, 4.69) is 4.99 Å². The highest BCUT2D eigenvalue weighted by molar-refractivity contribution is 8.18. The molecule has 5 heteroatoms. The fraction of sp³-hybridized carbons (Fsp3) is 0.238. The molecule has 0 atom stereocenters. The van der Waals surface area contributed by atoms with Crippen LogP contribution in [0.25, 0.3) is 6.08 Å². The van der Waals surface area contributed by atoms with Crippen LogP contribution in [0.3, 0.4) is 0 Å². The molecular weight excluding hydrogens is 344 g/mol. The number of hydrogen-bond donors (Lipinski definition) is 0. The smallest absolute Gasteiger partial charge is 0.266 e. The lowest BCUT2D eigenvalue weighted by molar-refractivity contribution is -0.122. The fourth-order valence-electron chi connectivity index (χ4n) is 2.63. The molecule has 2 aromatic carbocycles. The summed E-state index contributed by atoms with van der Waals surface area (Å²) < 4.78 is 5.66. The van der Waals surface area contributed by atoms with Crippen LogP contribution in [0.4, 0.5) is 5.69 Å². The second-order valence-electron chi connectivity index (χ2n) is 5.86. The highest BCUT2D eigenvalue weighted by Crippen LogP contribution is 2.35. The normalized spacial score (nSPS) is 17.3. The molecule has 1 aliphatic rings. The zero-order valence-electron chi connectivity index (χ0n) is 15.2. The summed E-state index contributed by atoms with van der Waals surface area (Å²) in [5.41, 5.74) is 2.93. The lowest BCUT2D eigenvalue weighted by Crippen LogP contribution is -2.28. The van der Waals surface area contributed by atoms with Gasteiger partial charge in [0.1, 0.15) is 5.75 Å². The molecule has 3 rings (SSSR count). The lowest BCUT2D eigenvalue weighted by atomic mass is 10.2. The number of amides is 1. The van der Waals surface area contributed by atoms with Crippen molar-refractivity contribution in [1.82, 2.24) is 4.90 Å². The average molecular weight is 366 g/mol.